The lowest BCUT2D eigenvalue weighted by Gasteiger charge is -2.32. The lowest BCUT2D eigenvalue weighted by molar-refractivity contribution is -0.143. The molecule has 1 atom stereocenters. The summed E-state index contributed by atoms with van der Waals surface area (Å²) >= 11 is 0. The molecular formula is C29H34N6O5. The Kier molecular flexibility index (Phi) is 8.52. The first-order chi connectivity index (χ1) is 19.1. The number of nitrogens with zero attached hydrogens (tertiary/aromatic N) is 5. The number of hydrogen-bond acceptors (Lipinski definition) is 8. The van der Waals surface area contributed by atoms with Gasteiger partial charge in [-0.25, -0.2) is 0 Å². The van der Waals surface area contributed by atoms with Crippen LogP contribution in [0, 0.1) is 6.92 Å². The summed E-state index contributed by atoms with van der Waals surface area (Å²) in [4.78, 5) is 30.2. The number of amides is 2. The summed E-state index contributed by atoms with van der Waals surface area (Å²) in [6, 6.07) is 17.0. The molecule has 40 heavy (non-hydrogen) atoms. The van der Waals surface area contributed by atoms with Crippen LogP contribution in [0.25, 0.3) is 11.4 Å². The number of aromatic nitrogens is 4. The summed E-state index contributed by atoms with van der Waals surface area (Å²) in [5, 5.41) is 15.6. The largest absolute Gasteiger partial charge is 0.497 e. The van der Waals surface area contributed by atoms with Crippen molar-refractivity contribution in [3.8, 4) is 22.9 Å². The number of carbonyl (C=O) groups excluding carboxylic acids is 2. The van der Waals surface area contributed by atoms with E-state index < -0.39 is 17.5 Å². The fraction of sp³-hybridized carbons (Fsp3) is 0.345. The minimum absolute atomic E-state index is 0.130. The van der Waals surface area contributed by atoms with Crippen LogP contribution in [0.4, 0.5) is 0 Å². The van der Waals surface area contributed by atoms with Crippen LogP contribution in [-0.2, 0) is 22.7 Å². The molecule has 1 N–H and O–H groups in total. The van der Waals surface area contributed by atoms with E-state index in [-0.39, 0.29) is 19.0 Å². The van der Waals surface area contributed by atoms with E-state index in [9.17, 15) is 9.59 Å². The van der Waals surface area contributed by atoms with E-state index in [1.807, 2.05) is 45.0 Å². The minimum atomic E-state index is -1.04. The first-order valence-electron chi connectivity index (χ1n) is 12.8. The van der Waals surface area contributed by atoms with Gasteiger partial charge in [-0.2, -0.15) is 4.80 Å². The monoisotopic (exact) mass is 546 g/mol. The van der Waals surface area contributed by atoms with Crippen molar-refractivity contribution in [3.05, 3.63) is 77.7 Å². The fourth-order valence-electron chi connectivity index (χ4n) is 4.09. The molecule has 0 bridgehead atoms. The maximum atomic E-state index is 13.9. The summed E-state index contributed by atoms with van der Waals surface area (Å²) in [5.74, 6) is 1.97. The molecule has 2 aromatic carbocycles. The van der Waals surface area contributed by atoms with Gasteiger partial charge in [-0.15, -0.1) is 10.2 Å². The number of aryl methyl sites for hydroxylation is 1. The standard InChI is InChI=1S/C29H34N6O5/c1-19-7-16-24(40-19)26(28(37)30-29(2,3)4)34(17-20-8-12-22(38-5)13-9-20)25(36)18-35-32-27(31-33-35)21-10-14-23(39-6)15-11-21/h7-16,26H,17-18H2,1-6H3,(H,30,37). The van der Waals surface area contributed by atoms with Crippen LogP contribution in [-0.4, -0.2) is 56.7 Å². The molecule has 0 spiro atoms. The molecule has 4 rings (SSSR count). The summed E-state index contributed by atoms with van der Waals surface area (Å²) in [6.45, 7) is 7.32. The third-order valence-corrected chi connectivity index (χ3v) is 6.00. The molecule has 0 aliphatic carbocycles. The Bertz CT molecular complexity index is 1440. The molecule has 0 aliphatic rings. The predicted octanol–water partition coefficient (Wildman–Crippen LogP) is 3.94. The van der Waals surface area contributed by atoms with E-state index in [2.05, 4.69) is 20.7 Å². The normalized spacial score (nSPS) is 12.1. The Morgan fingerprint density at radius 3 is 2.15 bits per heavy atom. The van der Waals surface area contributed by atoms with Crippen molar-refractivity contribution >= 4 is 11.8 Å². The molecule has 11 nitrogen and oxygen atoms in total. The molecular weight excluding hydrogens is 512 g/mol. The number of rotatable bonds is 10. The zero-order chi connectivity index (χ0) is 28.9. The first kappa shape index (κ1) is 28.3. The van der Waals surface area contributed by atoms with E-state index in [1.54, 1.807) is 57.5 Å². The van der Waals surface area contributed by atoms with Gasteiger partial charge in [0.1, 0.15) is 29.6 Å². The second kappa shape index (κ2) is 12.0. The summed E-state index contributed by atoms with van der Waals surface area (Å²) in [7, 11) is 3.17. The van der Waals surface area contributed by atoms with Crippen molar-refractivity contribution in [1.29, 1.82) is 0 Å². The number of benzene rings is 2. The zero-order valence-corrected chi connectivity index (χ0v) is 23.5. The molecule has 2 heterocycles. The molecule has 0 saturated heterocycles. The van der Waals surface area contributed by atoms with Crippen molar-refractivity contribution in [2.75, 3.05) is 14.2 Å². The molecule has 210 valence electrons. The van der Waals surface area contributed by atoms with Gasteiger partial charge in [0, 0.05) is 17.6 Å². The number of furan rings is 1. The van der Waals surface area contributed by atoms with E-state index in [0.29, 0.717) is 28.8 Å². The van der Waals surface area contributed by atoms with Crippen LogP contribution in [0.1, 0.15) is 43.9 Å². The van der Waals surface area contributed by atoms with Gasteiger partial charge < -0.3 is 24.1 Å². The van der Waals surface area contributed by atoms with Gasteiger partial charge in [0.25, 0.3) is 5.91 Å². The fourth-order valence-corrected chi connectivity index (χ4v) is 4.09. The highest BCUT2D eigenvalue weighted by Crippen LogP contribution is 2.27. The average Bonchev–Trinajstić information content (AvgIpc) is 3.56. The molecule has 11 heteroatoms. The quantitative estimate of drug-likeness (QED) is 0.317. The van der Waals surface area contributed by atoms with Gasteiger partial charge in [0.2, 0.25) is 11.7 Å². The second-order valence-electron chi connectivity index (χ2n) is 10.3. The minimum Gasteiger partial charge on any atom is -0.497 e. The SMILES string of the molecule is COc1ccc(CN(C(=O)Cn2nnc(-c3ccc(OC)cc3)n2)C(C(=O)NC(C)(C)C)c2ccc(C)o2)cc1. The molecule has 2 amide bonds. The first-order valence-corrected chi connectivity index (χ1v) is 12.8. The number of nitrogens with one attached hydrogen (secondary N) is 1. The Morgan fingerprint density at radius 2 is 1.60 bits per heavy atom. The van der Waals surface area contributed by atoms with Crippen molar-refractivity contribution in [1.82, 2.24) is 30.4 Å². The number of tetrazole rings is 1. The van der Waals surface area contributed by atoms with E-state index >= 15 is 0 Å². The van der Waals surface area contributed by atoms with E-state index in [4.69, 9.17) is 13.9 Å². The van der Waals surface area contributed by atoms with Crippen LogP contribution in [0.2, 0.25) is 0 Å². The topological polar surface area (TPSA) is 125 Å². The number of ether oxygens (including phenoxy) is 2. The van der Waals surface area contributed by atoms with Gasteiger partial charge >= 0.3 is 0 Å². The van der Waals surface area contributed by atoms with E-state index in [1.165, 1.54) is 9.70 Å². The molecule has 0 fully saturated rings. The third kappa shape index (κ3) is 7.04. The smallest absolute Gasteiger partial charge is 0.251 e. The number of hydrogen-bond donors (Lipinski definition) is 1. The maximum Gasteiger partial charge on any atom is 0.251 e. The summed E-state index contributed by atoms with van der Waals surface area (Å²) in [6.07, 6.45) is 0. The molecule has 1 unspecified atom stereocenters. The van der Waals surface area contributed by atoms with Gasteiger partial charge in [0.05, 0.1) is 14.2 Å². The summed E-state index contributed by atoms with van der Waals surface area (Å²) in [5.41, 5.74) is 0.992. The Labute approximate surface area is 233 Å². The van der Waals surface area contributed by atoms with Crippen LogP contribution in [0.5, 0.6) is 11.5 Å². The van der Waals surface area contributed by atoms with E-state index in [0.717, 1.165) is 11.1 Å². The lowest BCUT2D eigenvalue weighted by Crippen LogP contribution is -2.49. The Balaban J connectivity index is 1.67. The highest BCUT2D eigenvalue weighted by atomic mass is 16.5. The van der Waals surface area contributed by atoms with Crippen molar-refractivity contribution < 1.29 is 23.5 Å². The highest BCUT2D eigenvalue weighted by molar-refractivity contribution is 5.88. The Hall–Kier alpha value is -4.67. The molecule has 2 aromatic heterocycles. The van der Waals surface area contributed by atoms with Gasteiger partial charge in [0.15, 0.2) is 6.04 Å². The van der Waals surface area contributed by atoms with Gasteiger partial charge in [-0.05, 0) is 87.0 Å². The maximum absolute atomic E-state index is 13.9. The van der Waals surface area contributed by atoms with Crippen molar-refractivity contribution in [2.45, 2.75) is 52.4 Å². The Morgan fingerprint density at radius 1 is 0.975 bits per heavy atom. The van der Waals surface area contributed by atoms with Crippen LogP contribution in [0.3, 0.4) is 0 Å². The second-order valence-corrected chi connectivity index (χ2v) is 10.3. The van der Waals surface area contributed by atoms with Gasteiger partial charge in [-0.3, -0.25) is 9.59 Å². The lowest BCUT2D eigenvalue weighted by atomic mass is 10.1. The molecule has 0 aliphatic heterocycles. The zero-order valence-electron chi connectivity index (χ0n) is 23.5. The summed E-state index contributed by atoms with van der Waals surface area (Å²) < 4.78 is 16.4. The van der Waals surface area contributed by atoms with Crippen molar-refractivity contribution in [3.63, 3.8) is 0 Å². The molecule has 0 radical (unpaired) electrons. The molecule has 4 aromatic rings. The number of methoxy groups -OCH3 is 2. The average molecular weight is 547 g/mol. The number of carbonyl (C=O) groups is 2. The highest BCUT2D eigenvalue weighted by Gasteiger charge is 2.36. The van der Waals surface area contributed by atoms with Crippen molar-refractivity contribution in [2.24, 2.45) is 0 Å². The third-order valence-electron chi connectivity index (χ3n) is 6.00. The van der Waals surface area contributed by atoms with Crippen LogP contribution < -0.4 is 14.8 Å². The predicted molar refractivity (Wildman–Crippen MR) is 147 cm³/mol. The molecule has 0 saturated carbocycles. The van der Waals surface area contributed by atoms with Crippen LogP contribution >= 0.6 is 0 Å². The van der Waals surface area contributed by atoms with Crippen LogP contribution in [0.15, 0.2) is 65.1 Å². The van der Waals surface area contributed by atoms with Gasteiger partial charge in [-0.1, -0.05) is 12.1 Å².